The number of rotatable bonds is 0. The second-order valence-corrected chi connectivity index (χ2v) is 0. The van der Waals surface area contributed by atoms with Crippen molar-refractivity contribution in [1.82, 2.24) is 0 Å². The Labute approximate surface area is 86.9 Å². The molecule has 4 heteroatoms. The van der Waals surface area contributed by atoms with Gasteiger partial charge in [0.1, 0.15) is 0 Å². The van der Waals surface area contributed by atoms with Gasteiger partial charge in [-0.3, -0.25) is 0 Å². The fourth-order valence-electron chi connectivity index (χ4n) is 0. The van der Waals surface area contributed by atoms with E-state index in [1.54, 1.807) is 0 Å². The van der Waals surface area contributed by atoms with Crippen LogP contribution in [0.5, 0.6) is 0 Å². The van der Waals surface area contributed by atoms with Gasteiger partial charge in [-0.2, -0.15) is 0 Å². The quantitative estimate of drug-likeness (QED) is 0.523. The zero-order valence-electron chi connectivity index (χ0n) is 1.97. The van der Waals surface area contributed by atoms with Gasteiger partial charge in [0.05, 0.1) is 0 Å². The summed E-state index contributed by atoms with van der Waals surface area (Å²) in [6.45, 7) is 0. The maximum Gasteiger partial charge on any atom is 0 e. The van der Waals surface area contributed by atoms with Gasteiger partial charge in [-0.15, -0.1) is 0 Å². The summed E-state index contributed by atoms with van der Waals surface area (Å²) in [7, 11) is 0. The minimum absolute atomic E-state index is 0. The van der Waals surface area contributed by atoms with Crippen LogP contribution in [0.3, 0.4) is 0 Å². The summed E-state index contributed by atoms with van der Waals surface area (Å²) in [5.41, 5.74) is 0. The molecule has 0 aliphatic carbocycles. The molecule has 0 aromatic rings. The van der Waals surface area contributed by atoms with Crippen LogP contribution >= 0.6 is 0 Å². The van der Waals surface area contributed by atoms with Crippen LogP contribution in [0.1, 0.15) is 0 Å². The van der Waals surface area contributed by atoms with Crippen LogP contribution in [0.25, 0.3) is 0 Å². The number of hydrogen-bond donors (Lipinski definition) is 0. The molecule has 0 unspecified atom stereocenters. The third kappa shape index (κ3) is 8.85. The Kier molecular flexibility index (Phi) is 122. The molecule has 0 aliphatic rings. The van der Waals surface area contributed by atoms with E-state index in [-0.39, 0.29) is 88.5 Å². The minimum Gasteiger partial charge on any atom is 0 e. The average molecular weight is 264 g/mol. The molecule has 0 spiro atoms. The standard InChI is InChI=1S/Al.Cr.Mo.Y. The summed E-state index contributed by atoms with van der Waals surface area (Å²) in [5, 5.41) is 0. The van der Waals surface area contributed by atoms with E-state index in [1.807, 2.05) is 0 Å². The monoisotopic (exact) mass is 266 g/mol. The van der Waals surface area contributed by atoms with E-state index in [9.17, 15) is 0 Å². The summed E-state index contributed by atoms with van der Waals surface area (Å²) in [6.07, 6.45) is 0. The molecule has 0 aromatic carbocycles. The molecule has 0 amide bonds. The van der Waals surface area contributed by atoms with Gasteiger partial charge in [-0.25, -0.2) is 0 Å². The largest absolute Gasteiger partial charge is 0 e. The first kappa shape index (κ1) is 28.8. The summed E-state index contributed by atoms with van der Waals surface area (Å²) >= 11 is 0. The van der Waals surface area contributed by atoms with Crippen molar-refractivity contribution in [3.05, 3.63) is 0 Å². The van der Waals surface area contributed by atoms with Crippen LogP contribution in [0.15, 0.2) is 0 Å². The summed E-state index contributed by atoms with van der Waals surface area (Å²) < 4.78 is 0. The molecular formula is AlCrMoY. The zero-order chi connectivity index (χ0) is 0. The molecule has 0 aromatic heterocycles. The molecule has 0 fully saturated rings. The summed E-state index contributed by atoms with van der Waals surface area (Å²) in [6, 6.07) is 0. The van der Waals surface area contributed by atoms with E-state index in [2.05, 4.69) is 0 Å². The van der Waals surface area contributed by atoms with Gasteiger partial charge in [0.25, 0.3) is 0 Å². The molecule has 0 rings (SSSR count). The molecule has 0 N–H and O–H groups in total. The smallest absolute Gasteiger partial charge is 0 e. The molecule has 4 heavy (non-hydrogen) atoms. The van der Waals surface area contributed by atoms with Gasteiger partial charge < -0.3 is 0 Å². The van der Waals surface area contributed by atoms with Crippen LogP contribution < -0.4 is 0 Å². The first-order valence-corrected chi connectivity index (χ1v) is 0. The van der Waals surface area contributed by atoms with Crippen molar-refractivity contribution in [2.45, 2.75) is 0 Å². The summed E-state index contributed by atoms with van der Waals surface area (Å²) in [4.78, 5) is 0. The van der Waals surface area contributed by atoms with Crippen LogP contribution in [-0.4, -0.2) is 17.4 Å². The molecule has 0 heterocycles. The van der Waals surface area contributed by atoms with Gasteiger partial charge in [0.15, 0.2) is 0 Å². The SMILES string of the molecule is [Al].[Cr].[Mo].[Y]. The van der Waals surface area contributed by atoms with Gasteiger partial charge in [-0.1, -0.05) is 0 Å². The van der Waals surface area contributed by atoms with Crippen LogP contribution in [0, 0.1) is 0 Å². The Hall–Kier alpha value is 2.86. The van der Waals surface area contributed by atoms with E-state index in [0.29, 0.717) is 0 Å². The Bertz CT molecular complexity index is 8.00. The van der Waals surface area contributed by atoms with E-state index < -0.39 is 0 Å². The fourth-order valence-corrected chi connectivity index (χ4v) is 0. The predicted molar refractivity (Wildman–Crippen MR) is 5.75 cm³/mol. The van der Waals surface area contributed by atoms with Crippen molar-refractivity contribution >= 4 is 17.4 Å². The second kappa shape index (κ2) is 16.9. The molecule has 0 atom stereocenters. The van der Waals surface area contributed by atoms with Crippen molar-refractivity contribution in [3.8, 4) is 0 Å². The van der Waals surface area contributed by atoms with E-state index in [4.69, 9.17) is 0 Å². The van der Waals surface area contributed by atoms with Crippen molar-refractivity contribution < 1.29 is 71.1 Å². The first-order chi connectivity index (χ1) is 0. The fraction of sp³-hybridized carbons (Fsp3) is 0. The molecule has 0 saturated carbocycles. The number of hydrogen-bond acceptors (Lipinski definition) is 0. The molecule has 0 saturated heterocycles. The molecule has 0 nitrogen and oxygen atoms in total. The molecule has 18 valence electrons. The van der Waals surface area contributed by atoms with Crippen molar-refractivity contribution in [2.75, 3.05) is 0 Å². The Morgan fingerprint density at radius 2 is 1.00 bits per heavy atom. The molecular weight excluding hydrogens is 264 g/mol. The van der Waals surface area contributed by atoms with E-state index in [1.165, 1.54) is 0 Å². The van der Waals surface area contributed by atoms with E-state index in [0.717, 1.165) is 0 Å². The zero-order valence-corrected chi connectivity index (χ0v) is 9.25. The van der Waals surface area contributed by atoms with Gasteiger partial charge in [0.2, 0.25) is 0 Å². The minimum atomic E-state index is 0. The first-order valence-electron chi connectivity index (χ1n) is 0. The Balaban J connectivity index is 0. The average Bonchev–Trinajstić information content (AvgIpc) is 0. The molecule has 0 aliphatic heterocycles. The van der Waals surface area contributed by atoms with Crippen molar-refractivity contribution in [2.24, 2.45) is 0 Å². The van der Waals surface area contributed by atoms with Gasteiger partial charge in [0, 0.05) is 88.5 Å². The topological polar surface area (TPSA) is 0 Å². The molecule has 0 bridgehead atoms. The maximum absolute atomic E-state index is 0. The predicted octanol–water partition coefficient (Wildman–Crippen LogP) is -0.388. The Morgan fingerprint density at radius 3 is 1.00 bits per heavy atom. The van der Waals surface area contributed by atoms with Gasteiger partial charge in [-0.05, 0) is 0 Å². The summed E-state index contributed by atoms with van der Waals surface area (Å²) in [5.74, 6) is 0. The van der Waals surface area contributed by atoms with Gasteiger partial charge >= 0.3 is 0 Å². The third-order valence-corrected chi connectivity index (χ3v) is 0. The molecule has 4 radical (unpaired) electrons. The van der Waals surface area contributed by atoms with Crippen LogP contribution in [0.4, 0.5) is 0 Å². The normalized spacial score (nSPS) is 0. The second-order valence-electron chi connectivity index (χ2n) is 0. The van der Waals surface area contributed by atoms with Crippen molar-refractivity contribution in [3.63, 3.8) is 0 Å². The maximum atomic E-state index is 0. The Morgan fingerprint density at radius 1 is 1.00 bits per heavy atom. The van der Waals surface area contributed by atoms with Crippen LogP contribution in [0.2, 0.25) is 0 Å². The third-order valence-electron chi connectivity index (χ3n) is 0. The van der Waals surface area contributed by atoms with Crippen LogP contribution in [-0.2, 0) is 71.1 Å². The van der Waals surface area contributed by atoms with E-state index >= 15 is 0 Å². The van der Waals surface area contributed by atoms with Crippen molar-refractivity contribution in [1.29, 1.82) is 0 Å².